The molecule has 0 aliphatic carbocycles. The molecule has 168 valence electrons. The summed E-state index contributed by atoms with van der Waals surface area (Å²) in [6.45, 7) is 4.19. The molecule has 0 unspecified atom stereocenters. The average Bonchev–Trinajstić information content (AvgIpc) is 2.77. The first-order valence-corrected chi connectivity index (χ1v) is 10.6. The van der Waals surface area contributed by atoms with E-state index in [0.29, 0.717) is 17.9 Å². The molecule has 0 heterocycles. The molecule has 2 aromatic rings. The molecule has 2 N–H and O–H groups in total. The molecule has 0 bridgehead atoms. The third-order valence-electron chi connectivity index (χ3n) is 4.64. The molecule has 1 amide bonds. The molecule has 0 aliphatic rings. The van der Waals surface area contributed by atoms with Crippen LogP contribution in [0.4, 0.5) is 10.5 Å². The summed E-state index contributed by atoms with van der Waals surface area (Å²) >= 11 is 3.91. The molecule has 8 heteroatoms. The van der Waals surface area contributed by atoms with Crippen molar-refractivity contribution in [3.63, 3.8) is 0 Å². The highest BCUT2D eigenvalue weighted by atomic mass is 32.1. The summed E-state index contributed by atoms with van der Waals surface area (Å²) in [5.41, 5.74) is 0.850. The average molecular weight is 448 g/mol. The van der Waals surface area contributed by atoms with Gasteiger partial charge in [-0.15, -0.1) is 0 Å². The van der Waals surface area contributed by atoms with Gasteiger partial charge >= 0.3 is 12.1 Å². The minimum atomic E-state index is -0.613. The number of aliphatic hydroxyl groups is 1. The highest BCUT2D eigenvalue weighted by Crippen LogP contribution is 2.40. The van der Waals surface area contributed by atoms with Gasteiger partial charge in [0.15, 0.2) is 0 Å². The standard InChI is InChI=1S/C23H29NO6S/c1-23(2,12-14-29-20(26)16-31)21(17-8-10-19(11-9-17)28-15-13-25)30-22(27)24-18-6-4-3-5-7-18/h3-11,21,25,31H,12-16H2,1-2H3,(H,24,27)/t21-/m0/s1. The van der Waals surface area contributed by atoms with Crippen LogP contribution in [0.3, 0.4) is 0 Å². The number of nitrogens with one attached hydrogen (secondary N) is 1. The van der Waals surface area contributed by atoms with Crippen LogP contribution in [0.2, 0.25) is 0 Å². The Hall–Kier alpha value is -2.71. The Morgan fingerprint density at radius 3 is 2.35 bits per heavy atom. The van der Waals surface area contributed by atoms with E-state index in [0.717, 1.165) is 5.56 Å². The van der Waals surface area contributed by atoms with E-state index >= 15 is 0 Å². The number of ether oxygens (including phenoxy) is 3. The fourth-order valence-electron chi connectivity index (χ4n) is 2.96. The molecule has 31 heavy (non-hydrogen) atoms. The van der Waals surface area contributed by atoms with Crippen molar-refractivity contribution in [2.24, 2.45) is 5.41 Å². The Kier molecular flexibility index (Phi) is 9.68. The molecule has 1 atom stereocenters. The Balaban J connectivity index is 2.17. The summed E-state index contributed by atoms with van der Waals surface area (Å²) < 4.78 is 16.4. The number of carbonyl (C=O) groups is 2. The number of para-hydroxylation sites is 1. The molecular formula is C23H29NO6S. The minimum absolute atomic E-state index is 0.00907. The van der Waals surface area contributed by atoms with Crippen LogP contribution in [0.5, 0.6) is 5.75 Å². The van der Waals surface area contributed by atoms with Gasteiger partial charge in [-0.2, -0.15) is 12.6 Å². The maximum atomic E-state index is 12.6. The fraction of sp³-hybridized carbons (Fsp3) is 0.391. The van der Waals surface area contributed by atoms with E-state index in [1.54, 1.807) is 24.3 Å². The summed E-state index contributed by atoms with van der Waals surface area (Å²) in [6, 6.07) is 16.2. The lowest BCUT2D eigenvalue weighted by molar-refractivity contribution is -0.141. The molecular weight excluding hydrogens is 418 g/mol. The monoisotopic (exact) mass is 447 g/mol. The van der Waals surface area contributed by atoms with Crippen molar-refractivity contribution < 1.29 is 28.9 Å². The maximum absolute atomic E-state index is 12.6. The van der Waals surface area contributed by atoms with Gasteiger partial charge in [0.1, 0.15) is 18.5 Å². The van der Waals surface area contributed by atoms with Crippen molar-refractivity contribution in [3.8, 4) is 5.75 Å². The molecule has 0 aromatic heterocycles. The van der Waals surface area contributed by atoms with Crippen LogP contribution in [-0.2, 0) is 14.3 Å². The first kappa shape index (κ1) is 24.6. The predicted octanol–water partition coefficient (Wildman–Crippen LogP) is 4.24. The molecule has 0 saturated carbocycles. The number of amides is 1. The molecule has 0 saturated heterocycles. The van der Waals surface area contributed by atoms with Crippen LogP contribution in [0.25, 0.3) is 0 Å². The highest BCUT2D eigenvalue weighted by Gasteiger charge is 2.34. The number of aliphatic hydroxyl groups excluding tert-OH is 1. The maximum Gasteiger partial charge on any atom is 0.412 e. The second-order valence-corrected chi connectivity index (χ2v) is 7.85. The quantitative estimate of drug-likeness (QED) is 0.352. The summed E-state index contributed by atoms with van der Waals surface area (Å²) in [5.74, 6) is 0.212. The van der Waals surface area contributed by atoms with Gasteiger partial charge in [0, 0.05) is 11.1 Å². The first-order chi connectivity index (χ1) is 14.9. The Morgan fingerprint density at radius 2 is 1.74 bits per heavy atom. The van der Waals surface area contributed by atoms with Crippen molar-refractivity contribution in [2.45, 2.75) is 26.4 Å². The summed E-state index contributed by atoms with van der Waals surface area (Å²) in [7, 11) is 0. The van der Waals surface area contributed by atoms with Gasteiger partial charge < -0.3 is 19.3 Å². The van der Waals surface area contributed by atoms with Crippen molar-refractivity contribution in [2.75, 3.05) is 30.9 Å². The topological polar surface area (TPSA) is 94.1 Å². The van der Waals surface area contributed by atoms with Crippen LogP contribution >= 0.6 is 12.6 Å². The Bertz CT molecular complexity index is 826. The molecule has 0 aliphatic heterocycles. The molecule has 0 fully saturated rings. The fourth-order valence-corrected chi connectivity index (χ4v) is 3.05. The van der Waals surface area contributed by atoms with E-state index in [4.69, 9.17) is 19.3 Å². The largest absolute Gasteiger partial charge is 0.491 e. The van der Waals surface area contributed by atoms with Gasteiger partial charge in [0.2, 0.25) is 0 Å². The Labute approximate surface area is 188 Å². The zero-order chi connectivity index (χ0) is 22.7. The number of esters is 1. The zero-order valence-corrected chi connectivity index (χ0v) is 18.6. The number of rotatable bonds is 11. The van der Waals surface area contributed by atoms with Gasteiger partial charge in [0.05, 0.1) is 19.0 Å². The van der Waals surface area contributed by atoms with E-state index in [9.17, 15) is 9.59 Å². The normalized spacial score (nSPS) is 12.0. The molecule has 2 aromatic carbocycles. The van der Waals surface area contributed by atoms with Crippen LogP contribution < -0.4 is 10.1 Å². The summed E-state index contributed by atoms with van der Waals surface area (Å²) in [6.07, 6.45) is -0.728. The lowest BCUT2D eigenvalue weighted by Gasteiger charge is -2.34. The second-order valence-electron chi connectivity index (χ2n) is 7.53. The molecule has 7 nitrogen and oxygen atoms in total. The van der Waals surface area contributed by atoms with E-state index in [-0.39, 0.29) is 25.6 Å². The van der Waals surface area contributed by atoms with E-state index in [1.807, 2.05) is 44.2 Å². The number of anilines is 1. The lowest BCUT2D eigenvalue weighted by Crippen LogP contribution is -2.30. The second kappa shape index (κ2) is 12.2. The number of hydrogen-bond acceptors (Lipinski definition) is 7. The number of hydrogen-bond donors (Lipinski definition) is 3. The van der Waals surface area contributed by atoms with Gasteiger partial charge in [-0.1, -0.05) is 44.2 Å². The molecule has 0 spiro atoms. The van der Waals surface area contributed by atoms with Crippen LogP contribution in [0, 0.1) is 5.41 Å². The van der Waals surface area contributed by atoms with Gasteiger partial charge in [-0.25, -0.2) is 4.79 Å². The third kappa shape index (κ3) is 8.15. The van der Waals surface area contributed by atoms with Crippen molar-refractivity contribution in [1.29, 1.82) is 0 Å². The molecule has 2 rings (SSSR count). The van der Waals surface area contributed by atoms with Gasteiger partial charge in [0.25, 0.3) is 0 Å². The lowest BCUT2D eigenvalue weighted by atomic mass is 9.80. The van der Waals surface area contributed by atoms with Crippen molar-refractivity contribution >= 4 is 30.4 Å². The summed E-state index contributed by atoms with van der Waals surface area (Å²) in [5, 5.41) is 11.6. The SMILES string of the molecule is CC(C)(CCOC(=O)CS)[C@@H](OC(=O)Nc1ccccc1)c1ccc(OCCO)cc1. The number of benzene rings is 2. The third-order valence-corrected chi connectivity index (χ3v) is 4.89. The van der Waals surface area contributed by atoms with Gasteiger partial charge in [-0.05, 0) is 36.2 Å². The first-order valence-electron chi connectivity index (χ1n) is 9.98. The van der Waals surface area contributed by atoms with Crippen LogP contribution in [0.1, 0.15) is 31.9 Å². The predicted molar refractivity (Wildman–Crippen MR) is 122 cm³/mol. The van der Waals surface area contributed by atoms with E-state index < -0.39 is 23.6 Å². The smallest absolute Gasteiger partial charge is 0.412 e. The summed E-state index contributed by atoms with van der Waals surface area (Å²) in [4.78, 5) is 24.0. The molecule has 0 radical (unpaired) electrons. The number of carbonyl (C=O) groups excluding carboxylic acids is 2. The highest BCUT2D eigenvalue weighted by molar-refractivity contribution is 7.81. The minimum Gasteiger partial charge on any atom is -0.491 e. The van der Waals surface area contributed by atoms with E-state index in [1.165, 1.54) is 0 Å². The zero-order valence-electron chi connectivity index (χ0n) is 17.7. The van der Waals surface area contributed by atoms with Crippen molar-refractivity contribution in [1.82, 2.24) is 0 Å². The van der Waals surface area contributed by atoms with Gasteiger partial charge in [-0.3, -0.25) is 10.1 Å². The van der Waals surface area contributed by atoms with Crippen LogP contribution in [0.15, 0.2) is 54.6 Å². The van der Waals surface area contributed by atoms with E-state index in [2.05, 4.69) is 17.9 Å². The number of thiol groups is 1. The van der Waals surface area contributed by atoms with Crippen LogP contribution in [-0.4, -0.2) is 42.7 Å². The van der Waals surface area contributed by atoms with Crippen molar-refractivity contribution in [3.05, 3.63) is 60.2 Å². The Morgan fingerprint density at radius 1 is 1.06 bits per heavy atom.